The maximum atomic E-state index is 6.23. The zero-order chi connectivity index (χ0) is 10.8. The van der Waals surface area contributed by atoms with Crippen molar-refractivity contribution in [3.05, 3.63) is 0 Å². The summed E-state index contributed by atoms with van der Waals surface area (Å²) in [6, 6.07) is 0.310. The van der Waals surface area contributed by atoms with E-state index < -0.39 is 0 Å². The number of rotatable bonds is 3. The van der Waals surface area contributed by atoms with Gasteiger partial charge in [-0.1, -0.05) is 13.8 Å². The van der Waals surface area contributed by atoms with Crippen molar-refractivity contribution in [2.75, 3.05) is 32.8 Å². The van der Waals surface area contributed by atoms with E-state index in [2.05, 4.69) is 18.7 Å². The van der Waals surface area contributed by atoms with Crippen LogP contribution in [0.1, 0.15) is 20.3 Å². The minimum atomic E-state index is 0.310. The minimum Gasteiger partial charge on any atom is -0.381 e. The Kier molecular flexibility index (Phi) is 3.65. The molecule has 2 saturated heterocycles. The molecule has 4 atom stereocenters. The van der Waals surface area contributed by atoms with Crippen LogP contribution >= 0.6 is 0 Å². The number of nitrogens with zero attached hydrogens (tertiary/aromatic N) is 1. The molecule has 0 aromatic heterocycles. The molecule has 2 rings (SSSR count). The highest BCUT2D eigenvalue weighted by Crippen LogP contribution is 2.23. The van der Waals surface area contributed by atoms with Crippen molar-refractivity contribution in [2.45, 2.75) is 26.3 Å². The van der Waals surface area contributed by atoms with Gasteiger partial charge < -0.3 is 15.4 Å². The maximum Gasteiger partial charge on any atom is 0.0510 e. The molecule has 3 nitrogen and oxygen atoms in total. The Morgan fingerprint density at radius 2 is 2.00 bits per heavy atom. The van der Waals surface area contributed by atoms with E-state index in [1.54, 1.807) is 0 Å². The third-order valence-electron chi connectivity index (χ3n) is 4.10. The Labute approximate surface area is 93.0 Å². The van der Waals surface area contributed by atoms with E-state index in [0.29, 0.717) is 12.0 Å². The molecule has 0 aliphatic carbocycles. The zero-order valence-corrected chi connectivity index (χ0v) is 9.98. The standard InChI is InChI=1S/C12H24N2O/c1-9-5-14(6-10(9)2)7-12(13)11-3-4-15-8-11/h9-12H,3-8,13H2,1-2H3. The van der Waals surface area contributed by atoms with Crippen LogP contribution in [-0.2, 0) is 4.74 Å². The number of hydrogen-bond acceptors (Lipinski definition) is 3. The fourth-order valence-electron chi connectivity index (χ4n) is 2.74. The zero-order valence-electron chi connectivity index (χ0n) is 9.98. The second-order valence-electron chi connectivity index (χ2n) is 5.46. The van der Waals surface area contributed by atoms with E-state index >= 15 is 0 Å². The Balaban J connectivity index is 1.76. The smallest absolute Gasteiger partial charge is 0.0510 e. The number of nitrogens with two attached hydrogens (primary N) is 1. The molecule has 2 aliphatic rings. The summed E-state index contributed by atoms with van der Waals surface area (Å²) in [5.74, 6) is 2.25. The SMILES string of the molecule is CC1CN(CC(N)C2CCOC2)CC1C. The lowest BCUT2D eigenvalue weighted by Crippen LogP contribution is -2.41. The molecule has 0 bridgehead atoms. The van der Waals surface area contributed by atoms with Gasteiger partial charge in [0.25, 0.3) is 0 Å². The largest absolute Gasteiger partial charge is 0.381 e. The van der Waals surface area contributed by atoms with E-state index in [9.17, 15) is 0 Å². The van der Waals surface area contributed by atoms with Gasteiger partial charge in [0.15, 0.2) is 0 Å². The van der Waals surface area contributed by atoms with Crippen LogP contribution < -0.4 is 5.73 Å². The lowest BCUT2D eigenvalue weighted by atomic mass is 9.99. The van der Waals surface area contributed by atoms with Crippen LogP contribution in [0.15, 0.2) is 0 Å². The summed E-state index contributed by atoms with van der Waals surface area (Å²) in [6.07, 6.45) is 1.15. The molecule has 0 amide bonds. The molecule has 4 unspecified atom stereocenters. The molecule has 15 heavy (non-hydrogen) atoms. The third-order valence-corrected chi connectivity index (χ3v) is 4.10. The molecule has 3 heteroatoms. The molecule has 0 aromatic rings. The van der Waals surface area contributed by atoms with Gasteiger partial charge in [0.2, 0.25) is 0 Å². The van der Waals surface area contributed by atoms with Crippen LogP contribution in [0, 0.1) is 17.8 Å². The second kappa shape index (κ2) is 4.81. The van der Waals surface area contributed by atoms with E-state index in [0.717, 1.165) is 38.0 Å². The predicted octanol–water partition coefficient (Wildman–Crippen LogP) is 0.938. The van der Waals surface area contributed by atoms with Crippen molar-refractivity contribution in [3.8, 4) is 0 Å². The fraction of sp³-hybridized carbons (Fsp3) is 1.00. The van der Waals surface area contributed by atoms with Crippen LogP contribution in [0.2, 0.25) is 0 Å². The lowest BCUT2D eigenvalue weighted by molar-refractivity contribution is 0.173. The summed E-state index contributed by atoms with van der Waals surface area (Å²) >= 11 is 0. The van der Waals surface area contributed by atoms with E-state index in [4.69, 9.17) is 10.5 Å². The van der Waals surface area contributed by atoms with Crippen molar-refractivity contribution < 1.29 is 4.74 Å². The molecule has 2 aliphatic heterocycles. The van der Waals surface area contributed by atoms with Crippen molar-refractivity contribution in [3.63, 3.8) is 0 Å². The number of likely N-dealkylation sites (tertiary alicyclic amines) is 1. The van der Waals surface area contributed by atoms with Gasteiger partial charge in [-0.05, 0) is 18.3 Å². The van der Waals surface area contributed by atoms with Crippen LogP contribution in [0.5, 0.6) is 0 Å². The van der Waals surface area contributed by atoms with Crippen molar-refractivity contribution in [1.82, 2.24) is 4.90 Å². The highest BCUT2D eigenvalue weighted by atomic mass is 16.5. The monoisotopic (exact) mass is 212 g/mol. The molecule has 0 radical (unpaired) electrons. The van der Waals surface area contributed by atoms with E-state index in [1.165, 1.54) is 13.1 Å². The van der Waals surface area contributed by atoms with Crippen molar-refractivity contribution >= 4 is 0 Å². The number of ether oxygens (including phenoxy) is 1. The van der Waals surface area contributed by atoms with Crippen LogP contribution in [0.3, 0.4) is 0 Å². The molecule has 2 N–H and O–H groups in total. The maximum absolute atomic E-state index is 6.23. The summed E-state index contributed by atoms with van der Waals surface area (Å²) < 4.78 is 5.39. The second-order valence-corrected chi connectivity index (χ2v) is 5.46. The van der Waals surface area contributed by atoms with Gasteiger partial charge in [-0.2, -0.15) is 0 Å². The normalized spacial score (nSPS) is 39.8. The number of hydrogen-bond donors (Lipinski definition) is 1. The molecule has 0 aromatic carbocycles. The first kappa shape index (κ1) is 11.4. The van der Waals surface area contributed by atoms with Gasteiger partial charge >= 0.3 is 0 Å². The topological polar surface area (TPSA) is 38.5 Å². The minimum absolute atomic E-state index is 0.310. The fourth-order valence-corrected chi connectivity index (χ4v) is 2.74. The average Bonchev–Trinajstić information content (AvgIpc) is 2.77. The van der Waals surface area contributed by atoms with Crippen LogP contribution in [0.4, 0.5) is 0 Å². The first-order valence-electron chi connectivity index (χ1n) is 6.22. The van der Waals surface area contributed by atoms with Gasteiger partial charge in [0, 0.05) is 38.2 Å². The van der Waals surface area contributed by atoms with E-state index in [1.807, 2.05) is 0 Å². The molecule has 0 spiro atoms. The van der Waals surface area contributed by atoms with E-state index in [-0.39, 0.29) is 0 Å². The summed E-state index contributed by atoms with van der Waals surface area (Å²) in [5.41, 5.74) is 6.23. The summed E-state index contributed by atoms with van der Waals surface area (Å²) in [6.45, 7) is 9.97. The quantitative estimate of drug-likeness (QED) is 0.756. The highest BCUT2D eigenvalue weighted by molar-refractivity contribution is 4.84. The third kappa shape index (κ3) is 2.71. The Morgan fingerprint density at radius 1 is 1.33 bits per heavy atom. The van der Waals surface area contributed by atoms with Gasteiger partial charge in [-0.15, -0.1) is 0 Å². The highest BCUT2D eigenvalue weighted by Gasteiger charge is 2.30. The summed E-state index contributed by atoms with van der Waals surface area (Å²) in [4.78, 5) is 2.53. The molecule has 2 fully saturated rings. The lowest BCUT2D eigenvalue weighted by Gasteiger charge is -2.24. The Morgan fingerprint density at radius 3 is 2.53 bits per heavy atom. The predicted molar refractivity (Wildman–Crippen MR) is 61.7 cm³/mol. The van der Waals surface area contributed by atoms with Gasteiger partial charge in [-0.3, -0.25) is 0 Å². The molecular formula is C12H24N2O. The van der Waals surface area contributed by atoms with Gasteiger partial charge in [-0.25, -0.2) is 0 Å². The van der Waals surface area contributed by atoms with Gasteiger partial charge in [0.1, 0.15) is 0 Å². The first-order valence-corrected chi connectivity index (χ1v) is 6.22. The Bertz CT molecular complexity index is 194. The van der Waals surface area contributed by atoms with Gasteiger partial charge in [0.05, 0.1) is 6.61 Å². The molecule has 0 saturated carbocycles. The molecular weight excluding hydrogens is 188 g/mol. The average molecular weight is 212 g/mol. The summed E-state index contributed by atoms with van der Waals surface area (Å²) in [5, 5.41) is 0. The molecule has 2 heterocycles. The first-order chi connectivity index (χ1) is 7.16. The Hall–Kier alpha value is -0.120. The van der Waals surface area contributed by atoms with Crippen LogP contribution in [0.25, 0.3) is 0 Å². The van der Waals surface area contributed by atoms with Crippen molar-refractivity contribution in [1.29, 1.82) is 0 Å². The summed E-state index contributed by atoms with van der Waals surface area (Å²) in [7, 11) is 0. The molecule has 88 valence electrons. The van der Waals surface area contributed by atoms with Crippen molar-refractivity contribution in [2.24, 2.45) is 23.5 Å². The van der Waals surface area contributed by atoms with Crippen LogP contribution in [-0.4, -0.2) is 43.8 Å².